The number of aliphatic hydroxyl groups excluding tert-OH is 1. The van der Waals surface area contributed by atoms with E-state index in [1.807, 2.05) is 38.1 Å². The van der Waals surface area contributed by atoms with Crippen molar-refractivity contribution in [3.8, 4) is 11.5 Å². The Labute approximate surface area is 124 Å². The lowest BCUT2D eigenvalue weighted by atomic mass is 10.1. The second kappa shape index (κ2) is 6.47. The first-order chi connectivity index (χ1) is 10.0. The summed E-state index contributed by atoms with van der Waals surface area (Å²) in [4.78, 5) is 0. The van der Waals surface area contributed by atoms with Crippen molar-refractivity contribution in [2.24, 2.45) is 0 Å². The van der Waals surface area contributed by atoms with Gasteiger partial charge in [0.25, 0.3) is 0 Å². The van der Waals surface area contributed by atoms with Crippen LogP contribution in [-0.4, -0.2) is 28.5 Å². The Morgan fingerprint density at radius 1 is 0.905 bits per heavy atom. The highest BCUT2D eigenvalue weighted by Crippen LogP contribution is 2.31. The minimum Gasteiger partial charge on any atom is -0.508 e. The van der Waals surface area contributed by atoms with Gasteiger partial charge in [-0.1, -0.05) is 12.1 Å². The van der Waals surface area contributed by atoms with Crippen LogP contribution < -0.4 is 10.4 Å². The van der Waals surface area contributed by atoms with Gasteiger partial charge in [-0.3, -0.25) is 5.01 Å². The second-order valence-corrected chi connectivity index (χ2v) is 4.91. The quantitative estimate of drug-likeness (QED) is 0.635. The Morgan fingerprint density at radius 2 is 1.38 bits per heavy atom. The van der Waals surface area contributed by atoms with Crippen molar-refractivity contribution in [3.05, 3.63) is 47.5 Å². The van der Waals surface area contributed by atoms with E-state index in [0.717, 1.165) is 22.5 Å². The molecule has 2 aromatic carbocycles. The molecule has 5 heteroatoms. The van der Waals surface area contributed by atoms with Gasteiger partial charge in [-0.25, -0.2) is 5.43 Å². The summed E-state index contributed by atoms with van der Waals surface area (Å²) in [6.07, 6.45) is 0. The number of phenolic OH excluding ortho intramolecular Hbond substituents is 2. The third-order valence-corrected chi connectivity index (χ3v) is 3.28. The van der Waals surface area contributed by atoms with Gasteiger partial charge in [0.05, 0.1) is 18.0 Å². The molecule has 0 radical (unpaired) electrons. The minimum absolute atomic E-state index is 0.0216. The van der Waals surface area contributed by atoms with Gasteiger partial charge in [-0.2, -0.15) is 0 Å². The molecule has 0 saturated carbocycles. The van der Waals surface area contributed by atoms with Crippen molar-refractivity contribution in [1.82, 2.24) is 5.43 Å². The Hall–Kier alpha value is -2.24. The Morgan fingerprint density at radius 3 is 1.76 bits per heavy atom. The number of anilines is 2. The molecule has 0 unspecified atom stereocenters. The summed E-state index contributed by atoms with van der Waals surface area (Å²) < 4.78 is 0. The molecule has 0 aliphatic heterocycles. The molecule has 0 atom stereocenters. The molecule has 0 aliphatic rings. The highest BCUT2D eigenvalue weighted by Gasteiger charge is 2.12. The minimum atomic E-state index is -0.0216. The fourth-order valence-electron chi connectivity index (χ4n) is 1.97. The van der Waals surface area contributed by atoms with Gasteiger partial charge in [-0.15, -0.1) is 0 Å². The number of aliphatic hydroxyl groups is 1. The van der Waals surface area contributed by atoms with Gasteiger partial charge in [0.2, 0.25) is 0 Å². The molecule has 4 N–H and O–H groups in total. The van der Waals surface area contributed by atoms with Gasteiger partial charge in [0.15, 0.2) is 0 Å². The molecule has 0 heterocycles. The maximum atomic E-state index is 9.87. The topological polar surface area (TPSA) is 76.0 Å². The monoisotopic (exact) mass is 288 g/mol. The largest absolute Gasteiger partial charge is 0.508 e. The van der Waals surface area contributed by atoms with Crippen molar-refractivity contribution in [2.45, 2.75) is 13.8 Å². The van der Waals surface area contributed by atoms with Gasteiger partial charge < -0.3 is 15.3 Å². The molecule has 2 rings (SSSR count). The SMILES string of the molecule is Cc1ccc(N(NCCO)c2ccc(C)c(O)c2)cc1O. The van der Waals surface area contributed by atoms with Crippen LogP contribution in [0.3, 0.4) is 0 Å². The molecule has 0 aromatic heterocycles. The van der Waals surface area contributed by atoms with Crippen LogP contribution >= 0.6 is 0 Å². The molecule has 0 saturated heterocycles. The number of nitrogens with zero attached hydrogens (tertiary/aromatic N) is 1. The number of benzene rings is 2. The van der Waals surface area contributed by atoms with Crippen LogP contribution in [0.25, 0.3) is 0 Å². The first-order valence-corrected chi connectivity index (χ1v) is 6.76. The highest BCUT2D eigenvalue weighted by molar-refractivity contribution is 5.66. The number of nitrogens with one attached hydrogen (secondary N) is 1. The molecule has 0 aliphatic carbocycles. The van der Waals surface area contributed by atoms with Crippen LogP contribution in [0.1, 0.15) is 11.1 Å². The zero-order valence-electron chi connectivity index (χ0n) is 12.2. The average molecular weight is 288 g/mol. The lowest BCUT2D eigenvalue weighted by Gasteiger charge is -2.26. The van der Waals surface area contributed by atoms with E-state index in [1.54, 1.807) is 17.1 Å². The van der Waals surface area contributed by atoms with E-state index in [1.165, 1.54) is 0 Å². The first kappa shape index (κ1) is 15.2. The number of hydrogen-bond donors (Lipinski definition) is 4. The van der Waals surface area contributed by atoms with Crippen molar-refractivity contribution >= 4 is 11.4 Å². The van der Waals surface area contributed by atoms with Crippen LogP contribution in [0.4, 0.5) is 11.4 Å². The molecule has 0 amide bonds. The van der Waals surface area contributed by atoms with E-state index < -0.39 is 0 Å². The summed E-state index contributed by atoms with van der Waals surface area (Å²) in [6, 6.07) is 10.6. The smallest absolute Gasteiger partial charge is 0.120 e. The fourth-order valence-corrected chi connectivity index (χ4v) is 1.97. The summed E-state index contributed by atoms with van der Waals surface area (Å²) >= 11 is 0. The van der Waals surface area contributed by atoms with Crippen molar-refractivity contribution in [3.63, 3.8) is 0 Å². The van der Waals surface area contributed by atoms with E-state index in [-0.39, 0.29) is 18.1 Å². The van der Waals surface area contributed by atoms with Crippen LogP contribution in [-0.2, 0) is 0 Å². The van der Waals surface area contributed by atoms with E-state index in [0.29, 0.717) is 6.54 Å². The molecule has 0 spiro atoms. The van der Waals surface area contributed by atoms with Gasteiger partial charge >= 0.3 is 0 Å². The fraction of sp³-hybridized carbons (Fsp3) is 0.250. The van der Waals surface area contributed by atoms with Crippen molar-refractivity contribution in [2.75, 3.05) is 18.2 Å². The molecular formula is C16H20N2O3. The van der Waals surface area contributed by atoms with Crippen molar-refractivity contribution < 1.29 is 15.3 Å². The lowest BCUT2D eigenvalue weighted by Crippen LogP contribution is -2.35. The van der Waals surface area contributed by atoms with Crippen LogP contribution in [0, 0.1) is 13.8 Å². The maximum absolute atomic E-state index is 9.87. The van der Waals surface area contributed by atoms with Gasteiger partial charge in [-0.05, 0) is 37.1 Å². The number of aromatic hydroxyl groups is 2. The molecule has 0 bridgehead atoms. The van der Waals surface area contributed by atoms with E-state index in [4.69, 9.17) is 5.11 Å². The van der Waals surface area contributed by atoms with E-state index >= 15 is 0 Å². The number of phenols is 2. The molecule has 112 valence electrons. The second-order valence-electron chi connectivity index (χ2n) is 4.91. The summed E-state index contributed by atoms with van der Waals surface area (Å²) in [5, 5.41) is 30.5. The summed E-state index contributed by atoms with van der Waals surface area (Å²) in [6.45, 7) is 3.97. The summed E-state index contributed by atoms with van der Waals surface area (Å²) in [5.74, 6) is 0.388. The summed E-state index contributed by atoms with van der Waals surface area (Å²) in [7, 11) is 0. The van der Waals surface area contributed by atoms with Crippen LogP contribution in [0.5, 0.6) is 11.5 Å². The van der Waals surface area contributed by atoms with Gasteiger partial charge in [0, 0.05) is 18.7 Å². The predicted octanol–water partition coefficient (Wildman–Crippen LogP) is 2.35. The molecule has 5 nitrogen and oxygen atoms in total. The average Bonchev–Trinajstić information content (AvgIpc) is 2.46. The van der Waals surface area contributed by atoms with Gasteiger partial charge in [0.1, 0.15) is 11.5 Å². The Balaban J connectivity index is 2.41. The number of rotatable bonds is 5. The Bertz CT molecular complexity index is 577. The standard InChI is InChI=1S/C16H20N2O3/c1-11-3-5-13(9-15(11)20)18(17-7-8-19)14-6-4-12(2)16(21)10-14/h3-6,9-10,17,19-21H,7-8H2,1-2H3. The molecule has 0 fully saturated rings. The first-order valence-electron chi connectivity index (χ1n) is 6.76. The third-order valence-electron chi connectivity index (χ3n) is 3.28. The zero-order valence-corrected chi connectivity index (χ0v) is 12.2. The summed E-state index contributed by atoms with van der Waals surface area (Å²) in [5.41, 5.74) is 6.06. The van der Waals surface area contributed by atoms with Crippen LogP contribution in [0.15, 0.2) is 36.4 Å². The van der Waals surface area contributed by atoms with E-state index in [9.17, 15) is 10.2 Å². The third kappa shape index (κ3) is 3.45. The number of aryl methyl sites for hydroxylation is 2. The number of hydrazine groups is 1. The lowest BCUT2D eigenvalue weighted by molar-refractivity contribution is 0.293. The maximum Gasteiger partial charge on any atom is 0.120 e. The normalized spacial score (nSPS) is 10.6. The number of hydrogen-bond acceptors (Lipinski definition) is 5. The van der Waals surface area contributed by atoms with Crippen LogP contribution in [0.2, 0.25) is 0 Å². The molecular weight excluding hydrogens is 268 g/mol. The zero-order chi connectivity index (χ0) is 15.4. The van der Waals surface area contributed by atoms with Crippen molar-refractivity contribution in [1.29, 1.82) is 0 Å². The van der Waals surface area contributed by atoms with E-state index in [2.05, 4.69) is 5.43 Å². The Kier molecular flexibility index (Phi) is 4.67. The molecule has 2 aromatic rings. The predicted molar refractivity (Wildman–Crippen MR) is 82.9 cm³/mol. The molecule has 21 heavy (non-hydrogen) atoms. The highest BCUT2D eigenvalue weighted by atomic mass is 16.3.